The van der Waals surface area contributed by atoms with Crippen LogP contribution in [-0.4, -0.2) is 37.3 Å². The Balaban J connectivity index is 1.86. The van der Waals surface area contributed by atoms with Crippen LogP contribution in [-0.2, 0) is 16.1 Å². The highest BCUT2D eigenvalue weighted by Gasteiger charge is 2.21. The third-order valence-corrected chi connectivity index (χ3v) is 4.17. The van der Waals surface area contributed by atoms with Gasteiger partial charge in [-0.05, 0) is 26.0 Å². The van der Waals surface area contributed by atoms with Gasteiger partial charge in [0.15, 0.2) is 17.1 Å². The molecule has 0 bridgehead atoms. The molecule has 0 spiro atoms. The van der Waals surface area contributed by atoms with Crippen LogP contribution in [0, 0.1) is 6.92 Å². The van der Waals surface area contributed by atoms with Gasteiger partial charge in [-0.15, -0.1) is 0 Å². The van der Waals surface area contributed by atoms with Crippen LogP contribution in [0.5, 0.6) is 11.5 Å². The number of nitrogens with zero attached hydrogens (tertiary/aromatic N) is 1. The Morgan fingerprint density at radius 3 is 2.54 bits per heavy atom. The first-order valence-electron chi connectivity index (χ1n) is 8.75. The topological polar surface area (TPSA) is 91.9 Å². The number of hydrogen-bond acceptors (Lipinski definition) is 6. The SMILES string of the molecule is CCOC(=O)c1cc2oc(C)cc2n1CC(=O)Nc1ccc(OC)c(OC)c1. The Bertz CT molecular complexity index is 1020. The highest BCUT2D eigenvalue weighted by atomic mass is 16.5. The lowest BCUT2D eigenvalue weighted by Gasteiger charge is -2.12. The summed E-state index contributed by atoms with van der Waals surface area (Å²) in [7, 11) is 3.06. The Labute approximate surface area is 162 Å². The van der Waals surface area contributed by atoms with Crippen LogP contribution >= 0.6 is 0 Å². The van der Waals surface area contributed by atoms with Gasteiger partial charge in [-0.25, -0.2) is 4.79 Å². The molecule has 0 radical (unpaired) electrons. The number of esters is 1. The summed E-state index contributed by atoms with van der Waals surface area (Å²) in [4.78, 5) is 24.9. The van der Waals surface area contributed by atoms with Crippen molar-refractivity contribution in [1.29, 1.82) is 0 Å². The van der Waals surface area contributed by atoms with Gasteiger partial charge in [-0.1, -0.05) is 0 Å². The van der Waals surface area contributed by atoms with Crippen molar-refractivity contribution in [3.8, 4) is 11.5 Å². The maximum atomic E-state index is 12.6. The molecule has 0 unspecified atom stereocenters. The zero-order valence-corrected chi connectivity index (χ0v) is 16.2. The molecular weight excluding hydrogens is 364 g/mol. The summed E-state index contributed by atoms with van der Waals surface area (Å²) < 4.78 is 22.7. The van der Waals surface area contributed by atoms with Gasteiger partial charge in [0, 0.05) is 23.9 Å². The standard InChI is InChI=1S/C20H22N2O6/c1-5-27-20(24)15-10-17-14(8-12(2)28-17)22(15)11-19(23)21-13-6-7-16(25-3)18(9-13)26-4/h6-10H,5,11H2,1-4H3,(H,21,23). The molecule has 1 aromatic carbocycles. The number of fused-ring (bicyclic) bond motifs is 1. The third kappa shape index (κ3) is 3.80. The van der Waals surface area contributed by atoms with E-state index in [4.69, 9.17) is 18.6 Å². The van der Waals surface area contributed by atoms with Crippen LogP contribution in [0.15, 0.2) is 34.7 Å². The number of furan rings is 1. The van der Waals surface area contributed by atoms with Crippen molar-refractivity contribution in [3.05, 3.63) is 41.8 Å². The van der Waals surface area contributed by atoms with Crippen LogP contribution in [0.2, 0.25) is 0 Å². The normalized spacial score (nSPS) is 10.7. The molecule has 0 fully saturated rings. The van der Waals surface area contributed by atoms with E-state index in [-0.39, 0.29) is 24.8 Å². The van der Waals surface area contributed by atoms with Gasteiger partial charge in [0.1, 0.15) is 18.0 Å². The molecule has 8 nitrogen and oxygen atoms in total. The first-order valence-corrected chi connectivity index (χ1v) is 8.75. The minimum atomic E-state index is -0.509. The third-order valence-electron chi connectivity index (χ3n) is 4.17. The highest BCUT2D eigenvalue weighted by molar-refractivity contribution is 5.97. The van der Waals surface area contributed by atoms with Gasteiger partial charge < -0.3 is 28.5 Å². The second-order valence-corrected chi connectivity index (χ2v) is 6.06. The number of amides is 1. The van der Waals surface area contributed by atoms with E-state index in [1.165, 1.54) is 14.2 Å². The monoisotopic (exact) mass is 386 g/mol. The van der Waals surface area contributed by atoms with E-state index in [0.29, 0.717) is 34.0 Å². The van der Waals surface area contributed by atoms with Crippen molar-refractivity contribution >= 4 is 28.7 Å². The van der Waals surface area contributed by atoms with E-state index >= 15 is 0 Å². The van der Waals surface area contributed by atoms with E-state index in [1.807, 2.05) is 0 Å². The smallest absolute Gasteiger partial charge is 0.355 e. The predicted octanol–water partition coefficient (Wildman–Crippen LogP) is 3.38. The lowest BCUT2D eigenvalue weighted by Crippen LogP contribution is -2.22. The zero-order valence-electron chi connectivity index (χ0n) is 16.2. The number of aromatic nitrogens is 1. The number of ether oxygens (including phenoxy) is 3. The largest absolute Gasteiger partial charge is 0.493 e. The van der Waals surface area contributed by atoms with E-state index in [2.05, 4.69) is 5.32 Å². The molecule has 148 valence electrons. The van der Waals surface area contributed by atoms with Crippen LogP contribution in [0.3, 0.4) is 0 Å². The molecule has 3 aromatic rings. The molecule has 1 N–H and O–H groups in total. The second kappa shape index (κ2) is 8.08. The molecule has 0 aliphatic carbocycles. The van der Waals surface area contributed by atoms with E-state index in [1.54, 1.807) is 48.7 Å². The van der Waals surface area contributed by atoms with Crippen molar-refractivity contribution in [2.45, 2.75) is 20.4 Å². The Morgan fingerprint density at radius 1 is 1.11 bits per heavy atom. The van der Waals surface area contributed by atoms with Gasteiger partial charge in [-0.2, -0.15) is 0 Å². The van der Waals surface area contributed by atoms with Gasteiger partial charge in [-0.3, -0.25) is 4.79 Å². The number of nitrogens with one attached hydrogen (secondary N) is 1. The number of benzene rings is 1. The molecule has 0 saturated carbocycles. The molecule has 2 aromatic heterocycles. The molecular formula is C20H22N2O6. The maximum Gasteiger partial charge on any atom is 0.355 e. The summed E-state index contributed by atoms with van der Waals surface area (Å²) >= 11 is 0. The number of hydrogen-bond donors (Lipinski definition) is 1. The fourth-order valence-corrected chi connectivity index (χ4v) is 2.97. The summed E-state index contributed by atoms with van der Waals surface area (Å²) in [5.74, 6) is 0.932. The number of rotatable bonds is 7. The van der Waals surface area contributed by atoms with E-state index < -0.39 is 5.97 Å². The van der Waals surface area contributed by atoms with Gasteiger partial charge in [0.05, 0.1) is 26.3 Å². The summed E-state index contributed by atoms with van der Waals surface area (Å²) in [6.45, 7) is 3.69. The number of aryl methyl sites for hydroxylation is 1. The first kappa shape index (κ1) is 19.3. The minimum Gasteiger partial charge on any atom is -0.493 e. The maximum absolute atomic E-state index is 12.6. The quantitative estimate of drug-likeness (QED) is 0.626. The van der Waals surface area contributed by atoms with Gasteiger partial charge in [0.2, 0.25) is 5.91 Å². The predicted molar refractivity (Wildman–Crippen MR) is 103 cm³/mol. The van der Waals surface area contributed by atoms with Crippen LogP contribution in [0.1, 0.15) is 23.2 Å². The average Bonchev–Trinajstić information content (AvgIpc) is 3.19. The molecule has 1 amide bonds. The van der Waals surface area contributed by atoms with Crippen LogP contribution in [0.25, 0.3) is 11.1 Å². The number of methoxy groups -OCH3 is 2. The first-order chi connectivity index (χ1) is 13.5. The summed E-state index contributed by atoms with van der Waals surface area (Å²) in [6.07, 6.45) is 0. The lowest BCUT2D eigenvalue weighted by molar-refractivity contribution is -0.116. The van der Waals surface area contributed by atoms with Gasteiger partial charge >= 0.3 is 5.97 Å². The van der Waals surface area contributed by atoms with E-state index in [0.717, 1.165) is 0 Å². The van der Waals surface area contributed by atoms with Crippen molar-refractivity contribution in [3.63, 3.8) is 0 Å². The molecule has 0 saturated heterocycles. The molecule has 0 atom stereocenters. The molecule has 8 heteroatoms. The summed E-state index contributed by atoms with van der Waals surface area (Å²) in [5, 5.41) is 2.80. The molecule has 0 aliphatic heterocycles. The Kier molecular flexibility index (Phi) is 5.58. The van der Waals surface area contributed by atoms with Gasteiger partial charge in [0.25, 0.3) is 0 Å². The fourth-order valence-electron chi connectivity index (χ4n) is 2.97. The minimum absolute atomic E-state index is 0.0784. The lowest BCUT2D eigenvalue weighted by atomic mass is 10.2. The second-order valence-electron chi connectivity index (χ2n) is 6.06. The highest BCUT2D eigenvalue weighted by Crippen LogP contribution is 2.30. The number of carbonyl (C=O) groups is 2. The fraction of sp³-hybridized carbons (Fsp3) is 0.300. The van der Waals surface area contributed by atoms with Crippen molar-refractivity contribution in [2.24, 2.45) is 0 Å². The molecule has 0 aliphatic rings. The van der Waals surface area contributed by atoms with E-state index in [9.17, 15) is 9.59 Å². The van der Waals surface area contributed by atoms with Crippen molar-refractivity contribution < 1.29 is 28.2 Å². The van der Waals surface area contributed by atoms with Crippen molar-refractivity contribution in [2.75, 3.05) is 26.1 Å². The zero-order chi connectivity index (χ0) is 20.3. The Hall–Kier alpha value is -3.42. The number of carbonyl (C=O) groups excluding carboxylic acids is 2. The van der Waals surface area contributed by atoms with Crippen LogP contribution < -0.4 is 14.8 Å². The van der Waals surface area contributed by atoms with Crippen LogP contribution in [0.4, 0.5) is 5.69 Å². The molecule has 2 heterocycles. The van der Waals surface area contributed by atoms with Crippen molar-refractivity contribution in [1.82, 2.24) is 4.57 Å². The summed E-state index contributed by atoms with van der Waals surface area (Å²) in [6, 6.07) is 8.44. The number of anilines is 1. The molecule has 28 heavy (non-hydrogen) atoms. The molecule has 3 rings (SSSR count). The summed E-state index contributed by atoms with van der Waals surface area (Å²) in [5.41, 5.74) is 1.99. The average molecular weight is 386 g/mol. The Morgan fingerprint density at radius 2 is 1.86 bits per heavy atom.